The maximum absolute atomic E-state index is 12.2. The maximum atomic E-state index is 12.2. The lowest BCUT2D eigenvalue weighted by Crippen LogP contribution is -2.48. The van der Waals surface area contributed by atoms with Crippen molar-refractivity contribution in [2.24, 2.45) is 11.7 Å². The van der Waals surface area contributed by atoms with E-state index < -0.39 is 0 Å². The number of carbonyl (C=O) groups is 2. The summed E-state index contributed by atoms with van der Waals surface area (Å²) in [4.78, 5) is 25.9. The number of piperidine rings is 1. The van der Waals surface area contributed by atoms with E-state index in [0.29, 0.717) is 18.2 Å². The van der Waals surface area contributed by atoms with Crippen molar-refractivity contribution < 1.29 is 9.59 Å². The molecule has 2 rings (SSSR count). The van der Waals surface area contributed by atoms with Crippen molar-refractivity contribution in [3.63, 3.8) is 0 Å². The van der Waals surface area contributed by atoms with Crippen molar-refractivity contribution in [2.75, 3.05) is 25.0 Å². The van der Waals surface area contributed by atoms with Crippen LogP contribution in [0.1, 0.15) is 25.3 Å². The first-order valence-electron chi connectivity index (χ1n) is 8.10. The summed E-state index contributed by atoms with van der Waals surface area (Å²) in [7, 11) is 0. The zero-order valence-corrected chi connectivity index (χ0v) is 15.1. The Bertz CT molecular complexity index is 565. The average molecular weight is 355 g/mol. The fraction of sp³-hybridized carbons (Fsp3) is 0.529. The van der Waals surface area contributed by atoms with E-state index in [1.54, 1.807) is 4.90 Å². The van der Waals surface area contributed by atoms with Crippen molar-refractivity contribution in [3.8, 4) is 0 Å². The molecule has 7 heteroatoms. The molecule has 0 saturated carbocycles. The number of amides is 3. The summed E-state index contributed by atoms with van der Waals surface area (Å²) in [5, 5.41) is 5.35. The Kier molecular flexibility index (Phi) is 8.01. The van der Waals surface area contributed by atoms with E-state index in [2.05, 4.69) is 10.6 Å². The van der Waals surface area contributed by atoms with Crippen molar-refractivity contribution in [1.82, 2.24) is 10.2 Å². The number of hydrogen-bond acceptors (Lipinski definition) is 3. The van der Waals surface area contributed by atoms with E-state index in [9.17, 15) is 9.59 Å². The van der Waals surface area contributed by atoms with Crippen LogP contribution in [0.5, 0.6) is 0 Å². The molecule has 2 unspecified atom stereocenters. The maximum Gasteiger partial charge on any atom is 0.319 e. The molecule has 1 fully saturated rings. The van der Waals surface area contributed by atoms with Crippen molar-refractivity contribution in [3.05, 3.63) is 29.8 Å². The predicted octanol–water partition coefficient (Wildman–Crippen LogP) is 2.12. The highest BCUT2D eigenvalue weighted by Crippen LogP contribution is 2.18. The van der Waals surface area contributed by atoms with Crippen LogP contribution >= 0.6 is 12.4 Å². The van der Waals surface area contributed by atoms with Crippen LogP contribution in [-0.4, -0.2) is 42.5 Å². The van der Waals surface area contributed by atoms with Gasteiger partial charge in [0.25, 0.3) is 0 Å². The van der Waals surface area contributed by atoms with Gasteiger partial charge < -0.3 is 21.3 Å². The number of hydrogen-bond donors (Lipinski definition) is 3. The second-order valence-corrected chi connectivity index (χ2v) is 6.28. The first-order valence-corrected chi connectivity index (χ1v) is 8.10. The number of benzene rings is 1. The van der Waals surface area contributed by atoms with E-state index >= 15 is 0 Å². The molecular weight excluding hydrogens is 328 g/mol. The molecule has 1 aromatic rings. The Balaban J connectivity index is 0.00000288. The Morgan fingerprint density at radius 2 is 2.17 bits per heavy atom. The van der Waals surface area contributed by atoms with Gasteiger partial charge in [-0.25, -0.2) is 4.79 Å². The molecule has 134 valence electrons. The first kappa shape index (κ1) is 20.3. The number of likely N-dealkylation sites (tertiary alicyclic amines) is 1. The smallest absolute Gasteiger partial charge is 0.319 e. The van der Waals surface area contributed by atoms with Gasteiger partial charge in [-0.2, -0.15) is 0 Å². The van der Waals surface area contributed by atoms with Crippen LogP contribution in [-0.2, 0) is 4.79 Å². The number of nitrogens with two attached hydrogens (primary N) is 1. The van der Waals surface area contributed by atoms with Gasteiger partial charge >= 0.3 is 6.03 Å². The second-order valence-electron chi connectivity index (χ2n) is 6.28. The van der Waals surface area contributed by atoms with E-state index in [1.807, 2.05) is 38.1 Å². The summed E-state index contributed by atoms with van der Waals surface area (Å²) in [6.45, 7) is 5.36. The highest BCUT2D eigenvalue weighted by molar-refractivity contribution is 5.92. The van der Waals surface area contributed by atoms with Gasteiger partial charge in [0, 0.05) is 24.8 Å². The number of nitrogens with one attached hydrogen (secondary N) is 2. The fourth-order valence-corrected chi connectivity index (χ4v) is 2.83. The molecule has 0 radical (unpaired) electrons. The van der Waals surface area contributed by atoms with E-state index in [4.69, 9.17) is 5.73 Å². The van der Waals surface area contributed by atoms with Crippen LogP contribution < -0.4 is 16.4 Å². The lowest BCUT2D eigenvalue weighted by Gasteiger charge is -2.34. The topological polar surface area (TPSA) is 87.5 Å². The third kappa shape index (κ3) is 6.02. The number of halogens is 1. The number of carbonyl (C=O) groups excluding carboxylic acids is 2. The molecule has 1 aliphatic rings. The Morgan fingerprint density at radius 1 is 1.42 bits per heavy atom. The van der Waals surface area contributed by atoms with Crippen LogP contribution in [0, 0.1) is 12.8 Å². The van der Waals surface area contributed by atoms with Gasteiger partial charge in [-0.15, -0.1) is 12.4 Å². The largest absolute Gasteiger partial charge is 0.341 e. The number of anilines is 1. The Hall–Kier alpha value is -1.79. The summed E-state index contributed by atoms with van der Waals surface area (Å²) in [5.74, 6) is 0.281. The Labute approximate surface area is 149 Å². The van der Waals surface area contributed by atoms with Gasteiger partial charge in [0.1, 0.15) is 0 Å². The van der Waals surface area contributed by atoms with Crippen LogP contribution in [0.25, 0.3) is 0 Å². The van der Waals surface area contributed by atoms with Crippen LogP contribution in [0.3, 0.4) is 0 Å². The van der Waals surface area contributed by atoms with Crippen molar-refractivity contribution in [2.45, 2.75) is 32.7 Å². The quantitative estimate of drug-likeness (QED) is 0.774. The minimum Gasteiger partial charge on any atom is -0.341 e. The molecule has 0 spiro atoms. The fourth-order valence-electron chi connectivity index (χ4n) is 2.83. The minimum absolute atomic E-state index is 0. The molecule has 0 aliphatic carbocycles. The monoisotopic (exact) mass is 354 g/mol. The number of nitrogens with zero attached hydrogens (tertiary/aromatic N) is 1. The van der Waals surface area contributed by atoms with Gasteiger partial charge in [0.15, 0.2) is 0 Å². The molecule has 1 aliphatic heterocycles. The first-order chi connectivity index (χ1) is 11.0. The summed E-state index contributed by atoms with van der Waals surface area (Å²) < 4.78 is 0. The molecule has 1 aromatic carbocycles. The molecule has 0 bridgehead atoms. The van der Waals surface area contributed by atoms with Gasteiger partial charge in [0.2, 0.25) is 5.91 Å². The number of aryl methyl sites for hydroxylation is 1. The van der Waals surface area contributed by atoms with E-state index in [1.165, 1.54) is 0 Å². The zero-order valence-electron chi connectivity index (χ0n) is 14.2. The van der Waals surface area contributed by atoms with Crippen molar-refractivity contribution >= 4 is 30.0 Å². The van der Waals surface area contributed by atoms with E-state index in [0.717, 1.165) is 24.9 Å². The van der Waals surface area contributed by atoms with Gasteiger partial charge in [-0.05, 0) is 50.3 Å². The third-order valence-corrected chi connectivity index (χ3v) is 4.23. The lowest BCUT2D eigenvalue weighted by molar-refractivity contribution is -0.131. The van der Waals surface area contributed by atoms with Gasteiger partial charge in [-0.1, -0.05) is 12.1 Å². The summed E-state index contributed by atoms with van der Waals surface area (Å²) in [6, 6.07) is 7.23. The third-order valence-electron chi connectivity index (χ3n) is 4.23. The van der Waals surface area contributed by atoms with Crippen LogP contribution in [0.15, 0.2) is 24.3 Å². The van der Waals surface area contributed by atoms with Gasteiger partial charge in [0.05, 0.1) is 6.54 Å². The number of rotatable bonds is 4. The zero-order chi connectivity index (χ0) is 16.8. The van der Waals surface area contributed by atoms with Crippen molar-refractivity contribution in [1.29, 1.82) is 0 Å². The van der Waals surface area contributed by atoms with Crippen LogP contribution in [0.4, 0.5) is 10.5 Å². The standard InChI is InChI=1S/C17H26N4O2.ClH/c1-12-5-3-7-15(9-12)20-17(23)19-10-16(22)21-8-4-6-14(11-21)13(2)18;/h3,5,7,9,13-14H,4,6,8,10-11,18H2,1-2H3,(H2,19,20,23);1H. The normalized spacial score (nSPS) is 18.3. The minimum atomic E-state index is -0.371. The molecule has 3 amide bonds. The summed E-state index contributed by atoms with van der Waals surface area (Å²) in [5.41, 5.74) is 7.71. The lowest BCUT2D eigenvalue weighted by atomic mass is 9.92. The highest BCUT2D eigenvalue weighted by Gasteiger charge is 2.25. The average Bonchev–Trinajstić information content (AvgIpc) is 2.52. The molecule has 1 saturated heterocycles. The molecule has 2 atom stereocenters. The van der Waals surface area contributed by atoms with E-state index in [-0.39, 0.29) is 36.9 Å². The molecule has 6 nitrogen and oxygen atoms in total. The second kappa shape index (κ2) is 9.49. The summed E-state index contributed by atoms with van der Waals surface area (Å²) in [6.07, 6.45) is 2.02. The molecule has 1 heterocycles. The summed E-state index contributed by atoms with van der Waals surface area (Å²) >= 11 is 0. The molecule has 0 aromatic heterocycles. The molecule has 24 heavy (non-hydrogen) atoms. The molecule has 4 N–H and O–H groups in total. The van der Waals surface area contributed by atoms with Gasteiger partial charge in [-0.3, -0.25) is 4.79 Å². The van der Waals surface area contributed by atoms with Crippen LogP contribution in [0.2, 0.25) is 0 Å². The Morgan fingerprint density at radius 3 is 2.83 bits per heavy atom. The number of urea groups is 1. The predicted molar refractivity (Wildman–Crippen MR) is 98.4 cm³/mol. The molecular formula is C17H27ClN4O2. The SMILES string of the molecule is Cc1cccc(NC(=O)NCC(=O)N2CCCC(C(C)N)C2)c1.Cl. The highest BCUT2D eigenvalue weighted by atomic mass is 35.5.